The summed E-state index contributed by atoms with van der Waals surface area (Å²) in [6.45, 7) is 0. The van der Waals surface area contributed by atoms with E-state index in [9.17, 15) is 0 Å². The minimum absolute atomic E-state index is 0.0902. The summed E-state index contributed by atoms with van der Waals surface area (Å²) < 4.78 is 2.39. The number of hydrogen-bond acceptors (Lipinski definition) is 0. The predicted octanol–water partition coefficient (Wildman–Crippen LogP) is 14.6. The first-order valence-electron chi connectivity index (χ1n) is 19.4. The first-order valence-corrected chi connectivity index (χ1v) is 19.4. The van der Waals surface area contributed by atoms with Crippen LogP contribution in [0.1, 0.15) is 22.6 Å². The van der Waals surface area contributed by atoms with Crippen molar-refractivity contribution in [2.24, 2.45) is 0 Å². The standard InChI is InChI=1S/C55H39N/c1-4-12-39(13-5-1)42-20-26-46(27-21-42)55(47-28-22-43(23-29-47)40-14-6-2-7-15-40)48-30-24-45(25-31-48)49-34-37-54-52(38-49)51-18-10-11-19-53(51)56(54)50-35-32-44(33-36-50)41-16-8-3-9-17-41/h1-38,55H. The highest BCUT2D eigenvalue weighted by Gasteiger charge is 2.19. The van der Waals surface area contributed by atoms with Crippen LogP contribution in [-0.2, 0) is 0 Å². The van der Waals surface area contributed by atoms with Crippen molar-refractivity contribution in [2.45, 2.75) is 5.92 Å². The molecule has 0 bridgehead atoms. The van der Waals surface area contributed by atoms with Gasteiger partial charge in [-0.05, 0) is 91.5 Å². The SMILES string of the molecule is c1ccc(-c2ccc(C(c3ccc(-c4ccccc4)cc3)c3ccc(-c4ccc5c(c4)c4ccccc4n5-c4ccc(-c5ccccc5)cc4)cc3)cc2)cc1. The Morgan fingerprint density at radius 3 is 1.05 bits per heavy atom. The summed E-state index contributed by atoms with van der Waals surface area (Å²) in [5.41, 5.74) is 17.2. The molecule has 1 heterocycles. The third-order valence-electron chi connectivity index (χ3n) is 11.2. The van der Waals surface area contributed by atoms with E-state index in [2.05, 4.69) is 235 Å². The average Bonchev–Trinajstić information content (AvgIpc) is 3.62. The first kappa shape index (κ1) is 33.4. The molecule has 10 rings (SSSR count). The zero-order valence-electron chi connectivity index (χ0n) is 31.0. The van der Waals surface area contributed by atoms with E-state index >= 15 is 0 Å². The molecular formula is C55H39N. The quantitative estimate of drug-likeness (QED) is 0.138. The Labute approximate surface area is 328 Å². The van der Waals surface area contributed by atoms with Crippen molar-refractivity contribution in [3.8, 4) is 50.2 Å². The third-order valence-corrected chi connectivity index (χ3v) is 11.2. The monoisotopic (exact) mass is 713 g/mol. The maximum atomic E-state index is 2.39. The summed E-state index contributed by atoms with van der Waals surface area (Å²) in [6.07, 6.45) is 0. The van der Waals surface area contributed by atoms with E-state index < -0.39 is 0 Å². The first-order chi connectivity index (χ1) is 27.8. The van der Waals surface area contributed by atoms with Gasteiger partial charge in [0.15, 0.2) is 0 Å². The summed E-state index contributed by atoms with van der Waals surface area (Å²) in [6, 6.07) is 83.8. The molecule has 0 aliphatic heterocycles. The van der Waals surface area contributed by atoms with Crippen LogP contribution in [-0.4, -0.2) is 4.57 Å². The summed E-state index contributed by atoms with van der Waals surface area (Å²) in [4.78, 5) is 0. The van der Waals surface area contributed by atoms with Gasteiger partial charge in [-0.2, -0.15) is 0 Å². The number of rotatable bonds is 8. The molecule has 1 nitrogen and oxygen atoms in total. The van der Waals surface area contributed by atoms with Crippen molar-refractivity contribution >= 4 is 21.8 Å². The second-order valence-corrected chi connectivity index (χ2v) is 14.5. The molecule has 0 radical (unpaired) electrons. The van der Waals surface area contributed by atoms with Crippen molar-refractivity contribution in [3.63, 3.8) is 0 Å². The Morgan fingerprint density at radius 2 is 0.589 bits per heavy atom. The number of fused-ring (bicyclic) bond motifs is 3. The van der Waals surface area contributed by atoms with Gasteiger partial charge in [-0.15, -0.1) is 0 Å². The lowest BCUT2D eigenvalue weighted by atomic mass is 9.83. The van der Waals surface area contributed by atoms with Crippen LogP contribution in [0, 0.1) is 0 Å². The molecule has 1 heteroatoms. The van der Waals surface area contributed by atoms with E-state index in [0.717, 1.165) is 5.69 Å². The fourth-order valence-electron chi connectivity index (χ4n) is 8.31. The van der Waals surface area contributed by atoms with Gasteiger partial charge in [0, 0.05) is 22.4 Å². The van der Waals surface area contributed by atoms with Crippen molar-refractivity contribution in [1.82, 2.24) is 4.57 Å². The van der Waals surface area contributed by atoms with Gasteiger partial charge in [0.1, 0.15) is 0 Å². The van der Waals surface area contributed by atoms with Crippen LogP contribution < -0.4 is 0 Å². The molecule has 0 spiro atoms. The number of nitrogens with zero attached hydrogens (tertiary/aromatic N) is 1. The van der Waals surface area contributed by atoms with Gasteiger partial charge >= 0.3 is 0 Å². The van der Waals surface area contributed by atoms with Gasteiger partial charge in [0.25, 0.3) is 0 Å². The van der Waals surface area contributed by atoms with E-state index in [1.54, 1.807) is 0 Å². The van der Waals surface area contributed by atoms with Crippen LogP contribution in [0.25, 0.3) is 72.0 Å². The highest BCUT2D eigenvalue weighted by Crippen LogP contribution is 2.38. The molecule has 1 aromatic heterocycles. The molecule has 56 heavy (non-hydrogen) atoms. The van der Waals surface area contributed by atoms with E-state index in [0.29, 0.717) is 0 Å². The molecule has 9 aromatic carbocycles. The zero-order chi connectivity index (χ0) is 37.3. The van der Waals surface area contributed by atoms with Crippen molar-refractivity contribution in [1.29, 1.82) is 0 Å². The lowest BCUT2D eigenvalue weighted by Gasteiger charge is -2.20. The van der Waals surface area contributed by atoms with Crippen molar-refractivity contribution < 1.29 is 0 Å². The summed E-state index contributed by atoms with van der Waals surface area (Å²) in [7, 11) is 0. The van der Waals surface area contributed by atoms with Crippen LogP contribution >= 0.6 is 0 Å². The van der Waals surface area contributed by atoms with E-state index in [4.69, 9.17) is 0 Å². The van der Waals surface area contributed by atoms with E-state index in [-0.39, 0.29) is 5.92 Å². The Kier molecular flexibility index (Phi) is 8.67. The molecule has 0 amide bonds. The van der Waals surface area contributed by atoms with Gasteiger partial charge in [-0.1, -0.05) is 200 Å². The molecule has 0 saturated heterocycles. The Bertz CT molecular complexity index is 2800. The lowest BCUT2D eigenvalue weighted by molar-refractivity contribution is 0.978. The molecular weight excluding hydrogens is 675 g/mol. The summed E-state index contributed by atoms with van der Waals surface area (Å²) in [5, 5.41) is 2.51. The number of hydrogen-bond donors (Lipinski definition) is 0. The zero-order valence-corrected chi connectivity index (χ0v) is 31.0. The molecule has 0 saturated carbocycles. The highest BCUT2D eigenvalue weighted by molar-refractivity contribution is 6.10. The van der Waals surface area contributed by atoms with E-state index in [1.807, 2.05) is 0 Å². The Morgan fingerprint density at radius 1 is 0.250 bits per heavy atom. The summed E-state index contributed by atoms with van der Waals surface area (Å²) in [5.74, 6) is 0.0902. The molecule has 0 unspecified atom stereocenters. The maximum Gasteiger partial charge on any atom is 0.0541 e. The lowest BCUT2D eigenvalue weighted by Crippen LogP contribution is -2.03. The van der Waals surface area contributed by atoms with Crippen LogP contribution in [0.15, 0.2) is 231 Å². The Balaban J connectivity index is 1.01. The number of aromatic nitrogens is 1. The predicted molar refractivity (Wildman–Crippen MR) is 236 cm³/mol. The highest BCUT2D eigenvalue weighted by atomic mass is 15.0. The number of para-hydroxylation sites is 1. The van der Waals surface area contributed by atoms with Crippen LogP contribution in [0.4, 0.5) is 0 Å². The fourth-order valence-corrected chi connectivity index (χ4v) is 8.31. The minimum atomic E-state index is 0.0902. The molecule has 0 N–H and O–H groups in total. The second-order valence-electron chi connectivity index (χ2n) is 14.5. The largest absolute Gasteiger partial charge is 0.309 e. The maximum absolute atomic E-state index is 2.39. The molecule has 0 atom stereocenters. The second kappa shape index (κ2) is 14.5. The van der Waals surface area contributed by atoms with Gasteiger partial charge < -0.3 is 4.57 Å². The van der Waals surface area contributed by atoms with Gasteiger partial charge in [-0.3, -0.25) is 0 Å². The topological polar surface area (TPSA) is 4.93 Å². The molecule has 10 aromatic rings. The van der Waals surface area contributed by atoms with Gasteiger partial charge in [0.2, 0.25) is 0 Å². The smallest absolute Gasteiger partial charge is 0.0541 e. The molecule has 0 aliphatic rings. The minimum Gasteiger partial charge on any atom is -0.309 e. The number of benzene rings is 9. The molecule has 0 fully saturated rings. The van der Waals surface area contributed by atoms with Crippen LogP contribution in [0.2, 0.25) is 0 Å². The van der Waals surface area contributed by atoms with Gasteiger partial charge in [-0.25, -0.2) is 0 Å². The third kappa shape index (κ3) is 6.30. The van der Waals surface area contributed by atoms with Crippen LogP contribution in [0.5, 0.6) is 0 Å². The summed E-state index contributed by atoms with van der Waals surface area (Å²) >= 11 is 0. The average molecular weight is 714 g/mol. The molecule has 264 valence electrons. The Hall–Kier alpha value is -7.22. The van der Waals surface area contributed by atoms with Crippen molar-refractivity contribution in [3.05, 3.63) is 247 Å². The normalized spacial score (nSPS) is 11.4. The van der Waals surface area contributed by atoms with Crippen molar-refractivity contribution in [2.75, 3.05) is 0 Å². The molecule has 0 aliphatic carbocycles. The fraction of sp³-hybridized carbons (Fsp3) is 0.0182. The van der Waals surface area contributed by atoms with Gasteiger partial charge in [0.05, 0.1) is 11.0 Å². The van der Waals surface area contributed by atoms with E-state index in [1.165, 1.54) is 83.0 Å². The van der Waals surface area contributed by atoms with Crippen LogP contribution in [0.3, 0.4) is 0 Å².